The Morgan fingerprint density at radius 1 is 1.03 bits per heavy atom. The average Bonchev–Trinajstić information content (AvgIpc) is 3.54. The van der Waals surface area contributed by atoms with Gasteiger partial charge in [-0.1, -0.05) is 48.5 Å². The van der Waals surface area contributed by atoms with Crippen molar-refractivity contribution in [2.45, 2.75) is 26.1 Å². The van der Waals surface area contributed by atoms with Crippen LogP contribution >= 0.6 is 0 Å². The lowest BCUT2D eigenvalue weighted by Crippen LogP contribution is -2.42. The third kappa shape index (κ3) is 4.11. The quantitative estimate of drug-likeness (QED) is 0.378. The molecule has 10 nitrogen and oxygen atoms in total. The zero-order chi connectivity index (χ0) is 26.2. The first-order valence-electron chi connectivity index (χ1n) is 12.2. The van der Waals surface area contributed by atoms with Crippen LogP contribution in [0.1, 0.15) is 41.4 Å². The van der Waals surface area contributed by atoms with Crippen molar-refractivity contribution in [1.82, 2.24) is 29.7 Å². The van der Waals surface area contributed by atoms with E-state index >= 15 is 0 Å². The lowest BCUT2D eigenvalue weighted by atomic mass is 10.0. The maximum Gasteiger partial charge on any atom is 0.269 e. The van der Waals surface area contributed by atoms with E-state index in [2.05, 4.69) is 25.8 Å². The third-order valence-corrected chi connectivity index (χ3v) is 6.29. The molecular formula is C28H24N8O2. The second-order valence-corrected chi connectivity index (χ2v) is 9.17. The molecule has 0 radical (unpaired) electrons. The second kappa shape index (κ2) is 9.40. The van der Waals surface area contributed by atoms with Gasteiger partial charge in [0.25, 0.3) is 11.8 Å². The van der Waals surface area contributed by atoms with Gasteiger partial charge in [0.05, 0.1) is 17.6 Å². The zero-order valence-corrected chi connectivity index (χ0v) is 20.7. The van der Waals surface area contributed by atoms with E-state index in [1.54, 1.807) is 33.9 Å². The molecule has 2 N–H and O–H groups in total. The monoisotopic (exact) mass is 504 g/mol. The van der Waals surface area contributed by atoms with E-state index in [0.29, 0.717) is 28.3 Å². The molecule has 5 aromatic rings. The van der Waals surface area contributed by atoms with Gasteiger partial charge in [-0.2, -0.15) is 10.2 Å². The summed E-state index contributed by atoms with van der Waals surface area (Å²) in [4.78, 5) is 36.2. The Labute approximate surface area is 218 Å². The van der Waals surface area contributed by atoms with Crippen molar-refractivity contribution >= 4 is 28.9 Å². The van der Waals surface area contributed by atoms with Crippen LogP contribution in [0.25, 0.3) is 16.9 Å². The van der Waals surface area contributed by atoms with Gasteiger partial charge in [0.15, 0.2) is 5.65 Å². The van der Waals surface area contributed by atoms with Crippen molar-refractivity contribution in [1.29, 1.82) is 0 Å². The molecule has 6 rings (SSSR count). The number of nitrogens with one attached hydrogen (secondary N) is 2. The lowest BCUT2D eigenvalue weighted by Gasteiger charge is -2.13. The van der Waals surface area contributed by atoms with Crippen molar-refractivity contribution in [3.63, 3.8) is 0 Å². The highest BCUT2D eigenvalue weighted by Crippen LogP contribution is 2.27. The number of para-hydroxylation sites is 1. The molecule has 2 amide bonds. The van der Waals surface area contributed by atoms with Crippen LogP contribution in [0.2, 0.25) is 0 Å². The Hall–Kier alpha value is -5.12. The molecule has 0 spiro atoms. The molecule has 4 heterocycles. The highest BCUT2D eigenvalue weighted by Gasteiger charge is 2.30. The Balaban J connectivity index is 1.43. The van der Waals surface area contributed by atoms with Crippen molar-refractivity contribution in [3.8, 4) is 11.3 Å². The van der Waals surface area contributed by atoms with Gasteiger partial charge in [0.2, 0.25) is 6.17 Å². The minimum absolute atomic E-state index is 0.137. The number of amides is 2. The molecule has 0 fully saturated rings. The van der Waals surface area contributed by atoms with Crippen LogP contribution < -0.4 is 10.6 Å². The van der Waals surface area contributed by atoms with Crippen molar-refractivity contribution in [2.24, 2.45) is 4.99 Å². The summed E-state index contributed by atoms with van der Waals surface area (Å²) in [7, 11) is 0. The Kier molecular flexibility index (Phi) is 5.76. The maximum absolute atomic E-state index is 13.8. The molecule has 38 heavy (non-hydrogen) atoms. The number of nitrogens with zero attached hydrogens (tertiary/aromatic N) is 6. The van der Waals surface area contributed by atoms with Crippen LogP contribution in [-0.4, -0.2) is 48.1 Å². The minimum Gasteiger partial charge on any atom is -0.322 e. The first kappa shape index (κ1) is 23.3. The summed E-state index contributed by atoms with van der Waals surface area (Å²) >= 11 is 0. The van der Waals surface area contributed by atoms with Crippen molar-refractivity contribution in [3.05, 3.63) is 102 Å². The summed E-state index contributed by atoms with van der Waals surface area (Å²) in [5.74, 6) is -0.969. The number of aromatic nitrogens is 5. The fraction of sp³-hybridized carbons (Fsp3) is 0.143. The van der Waals surface area contributed by atoms with Gasteiger partial charge in [-0.3, -0.25) is 14.3 Å². The van der Waals surface area contributed by atoms with Gasteiger partial charge in [0.1, 0.15) is 11.3 Å². The van der Waals surface area contributed by atoms with Crippen LogP contribution in [0.5, 0.6) is 0 Å². The molecule has 1 aliphatic heterocycles. The molecule has 1 aliphatic rings. The molecule has 10 heteroatoms. The minimum atomic E-state index is -1.19. The highest BCUT2D eigenvalue weighted by atomic mass is 16.2. The first-order chi connectivity index (χ1) is 18.5. The molecule has 188 valence electrons. The molecule has 0 saturated heterocycles. The summed E-state index contributed by atoms with van der Waals surface area (Å²) in [6.45, 7) is 4.03. The number of benzodiazepines with no additional fused rings is 1. The van der Waals surface area contributed by atoms with E-state index in [1.807, 2.05) is 74.6 Å². The average molecular weight is 505 g/mol. The van der Waals surface area contributed by atoms with Gasteiger partial charge < -0.3 is 10.6 Å². The fourth-order valence-electron chi connectivity index (χ4n) is 4.42. The van der Waals surface area contributed by atoms with Crippen LogP contribution in [0.4, 0.5) is 5.69 Å². The molecule has 0 unspecified atom stereocenters. The highest BCUT2D eigenvalue weighted by molar-refractivity contribution is 6.20. The standard InChI is InChI=1S/C28H24N8O2/c1-17(2)36-16-19(15-30-36)24-22(26-29-13-8-14-35(26)34-24)27(37)33-25-28(38)31-21-12-7-6-11-20(21)23(32-25)18-9-4-3-5-10-18/h3-17,25H,1-2H3,(H,31,38)(H,33,37)/t25-/m1/s1. The van der Waals surface area contributed by atoms with Crippen LogP contribution in [-0.2, 0) is 4.79 Å². The van der Waals surface area contributed by atoms with E-state index in [1.165, 1.54) is 0 Å². The van der Waals surface area contributed by atoms with Gasteiger partial charge in [-0.15, -0.1) is 0 Å². The van der Waals surface area contributed by atoms with Crippen LogP contribution in [0.3, 0.4) is 0 Å². The van der Waals surface area contributed by atoms with Crippen LogP contribution in [0, 0.1) is 0 Å². The Morgan fingerprint density at radius 2 is 1.82 bits per heavy atom. The Bertz CT molecular complexity index is 1700. The fourth-order valence-corrected chi connectivity index (χ4v) is 4.42. The number of benzene rings is 2. The summed E-state index contributed by atoms with van der Waals surface area (Å²) < 4.78 is 3.33. The molecule has 3 aromatic heterocycles. The van der Waals surface area contributed by atoms with Crippen molar-refractivity contribution < 1.29 is 9.59 Å². The largest absolute Gasteiger partial charge is 0.322 e. The summed E-state index contributed by atoms with van der Waals surface area (Å²) in [6.07, 6.45) is 5.63. The predicted octanol–water partition coefficient (Wildman–Crippen LogP) is 3.72. The molecule has 2 aromatic carbocycles. The number of carbonyl (C=O) groups excluding carboxylic acids is 2. The molecule has 1 atom stereocenters. The SMILES string of the molecule is CC(C)n1cc(-c2nn3cccnc3c2C(=O)N[C@H]2N=C(c3ccccc3)c3ccccc3NC2=O)cn1. The zero-order valence-electron chi connectivity index (χ0n) is 20.7. The van der Waals surface area contributed by atoms with Gasteiger partial charge in [-0.25, -0.2) is 14.5 Å². The normalized spacial score (nSPS) is 15.1. The number of rotatable bonds is 5. The van der Waals surface area contributed by atoms with E-state index in [0.717, 1.165) is 11.1 Å². The van der Waals surface area contributed by atoms with E-state index in [9.17, 15) is 9.59 Å². The number of hydrogen-bond acceptors (Lipinski definition) is 6. The van der Waals surface area contributed by atoms with Gasteiger partial charge in [-0.05, 0) is 26.0 Å². The molecular weight excluding hydrogens is 480 g/mol. The summed E-state index contributed by atoms with van der Waals surface area (Å²) in [5, 5.41) is 14.7. The third-order valence-electron chi connectivity index (χ3n) is 6.29. The van der Waals surface area contributed by atoms with Gasteiger partial charge >= 0.3 is 0 Å². The summed E-state index contributed by atoms with van der Waals surface area (Å²) in [6, 6.07) is 18.9. The first-order valence-corrected chi connectivity index (χ1v) is 12.2. The van der Waals surface area contributed by atoms with Gasteiger partial charge in [0, 0.05) is 41.3 Å². The number of carbonyl (C=O) groups is 2. The maximum atomic E-state index is 13.8. The number of hydrogen-bond donors (Lipinski definition) is 2. The number of anilines is 1. The van der Waals surface area contributed by atoms with E-state index in [-0.39, 0.29) is 11.6 Å². The summed E-state index contributed by atoms with van der Waals surface area (Å²) in [5.41, 5.74) is 4.50. The number of fused-ring (bicyclic) bond motifs is 2. The number of aliphatic imine (C=N–C) groups is 1. The lowest BCUT2D eigenvalue weighted by molar-refractivity contribution is -0.117. The van der Waals surface area contributed by atoms with E-state index in [4.69, 9.17) is 4.99 Å². The van der Waals surface area contributed by atoms with E-state index < -0.39 is 18.0 Å². The molecule has 0 bridgehead atoms. The van der Waals surface area contributed by atoms with Crippen molar-refractivity contribution in [2.75, 3.05) is 5.32 Å². The molecule has 0 aliphatic carbocycles. The topological polar surface area (TPSA) is 119 Å². The molecule has 0 saturated carbocycles. The second-order valence-electron chi connectivity index (χ2n) is 9.17. The smallest absolute Gasteiger partial charge is 0.269 e. The predicted molar refractivity (Wildman–Crippen MR) is 143 cm³/mol. The van der Waals surface area contributed by atoms with Crippen LogP contribution in [0.15, 0.2) is 90.4 Å². The Morgan fingerprint density at radius 3 is 2.61 bits per heavy atom.